The van der Waals surface area contributed by atoms with Crippen LogP contribution >= 0.6 is 11.6 Å². The summed E-state index contributed by atoms with van der Waals surface area (Å²) in [5.74, 6) is 0.198. The molecule has 0 bridgehead atoms. The molecule has 27 heavy (non-hydrogen) atoms. The SMILES string of the molecule is O=C(O)COc1ccc(C(=O)/C=C\c2cc(Cl)c3c(c2)OCCCO3)cc1. The Balaban J connectivity index is 1.70. The van der Waals surface area contributed by atoms with E-state index in [2.05, 4.69) is 0 Å². The second kappa shape index (κ2) is 8.60. The summed E-state index contributed by atoms with van der Waals surface area (Å²) in [6.45, 7) is 0.663. The molecule has 0 fully saturated rings. The van der Waals surface area contributed by atoms with E-state index < -0.39 is 12.6 Å². The number of hydrogen-bond donors (Lipinski definition) is 1. The third-order valence-corrected chi connectivity index (χ3v) is 4.03. The molecule has 2 aromatic rings. The highest BCUT2D eigenvalue weighted by molar-refractivity contribution is 6.32. The van der Waals surface area contributed by atoms with Crippen LogP contribution in [0.25, 0.3) is 6.08 Å². The van der Waals surface area contributed by atoms with Crippen molar-refractivity contribution in [2.45, 2.75) is 6.42 Å². The Hall–Kier alpha value is -2.99. The number of aliphatic carboxylic acids is 1. The Kier molecular flexibility index (Phi) is 5.98. The number of carbonyl (C=O) groups excluding carboxylic acids is 1. The van der Waals surface area contributed by atoms with E-state index in [-0.39, 0.29) is 5.78 Å². The number of ether oxygens (including phenoxy) is 3. The average Bonchev–Trinajstić information content (AvgIpc) is 2.91. The van der Waals surface area contributed by atoms with Gasteiger partial charge in [0.05, 0.1) is 18.2 Å². The van der Waals surface area contributed by atoms with Gasteiger partial charge in [-0.2, -0.15) is 0 Å². The monoisotopic (exact) mass is 388 g/mol. The highest BCUT2D eigenvalue weighted by Crippen LogP contribution is 2.38. The third-order valence-electron chi connectivity index (χ3n) is 3.75. The molecular weight excluding hydrogens is 372 g/mol. The lowest BCUT2D eigenvalue weighted by molar-refractivity contribution is -0.139. The minimum absolute atomic E-state index is 0.206. The van der Waals surface area contributed by atoms with Crippen LogP contribution in [0.3, 0.4) is 0 Å². The summed E-state index contributed by atoms with van der Waals surface area (Å²) in [4.78, 5) is 22.8. The Bertz CT molecular complexity index is 873. The predicted molar refractivity (Wildman–Crippen MR) is 100.0 cm³/mol. The van der Waals surface area contributed by atoms with E-state index in [1.54, 1.807) is 42.5 Å². The van der Waals surface area contributed by atoms with Crippen molar-refractivity contribution in [3.8, 4) is 17.2 Å². The molecule has 0 spiro atoms. The molecule has 3 rings (SSSR count). The maximum Gasteiger partial charge on any atom is 0.341 e. The van der Waals surface area contributed by atoms with Gasteiger partial charge in [-0.1, -0.05) is 17.7 Å². The van der Waals surface area contributed by atoms with Crippen LogP contribution in [0, 0.1) is 0 Å². The molecule has 1 N–H and O–H groups in total. The first-order valence-electron chi connectivity index (χ1n) is 8.29. The maximum atomic E-state index is 12.3. The van der Waals surface area contributed by atoms with Crippen LogP contribution in [0.1, 0.15) is 22.3 Å². The summed E-state index contributed by atoms with van der Waals surface area (Å²) in [6.07, 6.45) is 3.86. The van der Waals surface area contributed by atoms with Gasteiger partial charge in [0.15, 0.2) is 23.9 Å². The van der Waals surface area contributed by atoms with Crippen LogP contribution in [0.2, 0.25) is 5.02 Å². The number of carboxylic acids is 1. The summed E-state index contributed by atoms with van der Waals surface area (Å²) >= 11 is 6.24. The number of fused-ring (bicyclic) bond motifs is 1. The first-order valence-corrected chi connectivity index (χ1v) is 8.67. The minimum atomic E-state index is -1.06. The molecule has 0 saturated carbocycles. The molecule has 7 heteroatoms. The molecule has 0 aromatic heterocycles. The number of benzene rings is 2. The van der Waals surface area contributed by atoms with Gasteiger partial charge in [0.1, 0.15) is 5.75 Å². The summed E-state index contributed by atoms with van der Waals surface area (Å²) in [7, 11) is 0. The fraction of sp³-hybridized carbons (Fsp3) is 0.200. The number of hydrogen-bond acceptors (Lipinski definition) is 5. The fourth-order valence-corrected chi connectivity index (χ4v) is 2.75. The zero-order valence-electron chi connectivity index (χ0n) is 14.3. The molecule has 0 amide bonds. The zero-order chi connectivity index (χ0) is 19.2. The topological polar surface area (TPSA) is 82.1 Å². The quantitative estimate of drug-likeness (QED) is 0.597. The lowest BCUT2D eigenvalue weighted by Crippen LogP contribution is -2.09. The van der Waals surface area contributed by atoms with Crippen molar-refractivity contribution in [3.05, 3.63) is 58.6 Å². The average molecular weight is 389 g/mol. The van der Waals surface area contributed by atoms with Gasteiger partial charge in [-0.3, -0.25) is 4.79 Å². The first kappa shape index (κ1) is 18.8. The van der Waals surface area contributed by atoms with Crippen molar-refractivity contribution in [2.24, 2.45) is 0 Å². The maximum absolute atomic E-state index is 12.3. The Morgan fingerprint density at radius 3 is 2.63 bits per heavy atom. The summed E-state index contributed by atoms with van der Waals surface area (Å²) in [5, 5.41) is 9.02. The summed E-state index contributed by atoms with van der Waals surface area (Å²) in [6, 6.07) is 9.74. The molecule has 0 saturated heterocycles. The van der Waals surface area contributed by atoms with E-state index in [1.807, 2.05) is 0 Å². The van der Waals surface area contributed by atoms with E-state index in [0.717, 1.165) is 12.0 Å². The molecule has 1 aliphatic rings. The van der Waals surface area contributed by atoms with Gasteiger partial charge in [-0.15, -0.1) is 0 Å². The number of carbonyl (C=O) groups is 2. The number of allylic oxidation sites excluding steroid dienone is 1. The van der Waals surface area contributed by atoms with E-state index in [4.69, 9.17) is 30.9 Å². The number of ketones is 1. The molecule has 6 nitrogen and oxygen atoms in total. The van der Waals surface area contributed by atoms with Crippen LogP contribution in [0.15, 0.2) is 42.5 Å². The lowest BCUT2D eigenvalue weighted by Gasteiger charge is -2.09. The molecule has 0 radical (unpaired) electrons. The molecule has 2 aromatic carbocycles. The summed E-state index contributed by atoms with van der Waals surface area (Å²) in [5.41, 5.74) is 1.17. The smallest absolute Gasteiger partial charge is 0.341 e. The third kappa shape index (κ3) is 5.01. The van der Waals surface area contributed by atoms with Gasteiger partial charge in [0.25, 0.3) is 0 Å². The lowest BCUT2D eigenvalue weighted by atomic mass is 10.1. The fourth-order valence-electron chi connectivity index (χ4n) is 2.48. The van der Waals surface area contributed by atoms with Gasteiger partial charge in [0.2, 0.25) is 0 Å². The van der Waals surface area contributed by atoms with E-state index >= 15 is 0 Å². The van der Waals surface area contributed by atoms with Crippen molar-refractivity contribution in [2.75, 3.05) is 19.8 Å². The second-order valence-corrected chi connectivity index (χ2v) is 6.19. The Morgan fingerprint density at radius 2 is 1.89 bits per heavy atom. The van der Waals surface area contributed by atoms with Crippen LogP contribution in [0.4, 0.5) is 0 Å². The number of rotatable bonds is 6. The van der Waals surface area contributed by atoms with Crippen molar-refractivity contribution in [3.63, 3.8) is 0 Å². The molecule has 140 valence electrons. The molecule has 0 unspecified atom stereocenters. The number of halogens is 1. The Labute approximate surface area is 160 Å². The largest absolute Gasteiger partial charge is 0.489 e. The molecular formula is C20H17ClO6. The minimum Gasteiger partial charge on any atom is -0.489 e. The predicted octanol–water partition coefficient (Wildman–Crippen LogP) is 3.86. The van der Waals surface area contributed by atoms with Crippen LogP contribution in [-0.4, -0.2) is 36.7 Å². The molecule has 1 aliphatic heterocycles. The van der Waals surface area contributed by atoms with Crippen LogP contribution in [-0.2, 0) is 4.79 Å². The van der Waals surface area contributed by atoms with Crippen molar-refractivity contribution < 1.29 is 28.9 Å². The zero-order valence-corrected chi connectivity index (χ0v) is 15.1. The van der Waals surface area contributed by atoms with Gasteiger partial charge in [-0.25, -0.2) is 4.79 Å². The highest BCUT2D eigenvalue weighted by Gasteiger charge is 2.15. The summed E-state index contributed by atoms with van der Waals surface area (Å²) < 4.78 is 16.2. The molecule has 0 atom stereocenters. The molecule has 0 aliphatic carbocycles. The van der Waals surface area contributed by atoms with Gasteiger partial charge in [0, 0.05) is 12.0 Å². The van der Waals surface area contributed by atoms with Crippen molar-refractivity contribution in [1.82, 2.24) is 0 Å². The van der Waals surface area contributed by atoms with Gasteiger partial charge >= 0.3 is 5.97 Å². The first-order chi connectivity index (χ1) is 13.0. The second-order valence-electron chi connectivity index (χ2n) is 5.78. The van der Waals surface area contributed by atoms with E-state index in [0.29, 0.717) is 41.0 Å². The van der Waals surface area contributed by atoms with E-state index in [1.165, 1.54) is 6.08 Å². The number of carboxylic acid groups (broad SMARTS) is 1. The standard InChI is InChI=1S/C20H17ClO6/c21-16-10-13(11-18-20(16)26-9-1-8-25-18)2-7-17(22)14-3-5-15(6-4-14)27-12-19(23)24/h2-7,10-11H,1,8-9,12H2,(H,23,24)/b7-2-. The molecule has 1 heterocycles. The normalized spacial score (nSPS) is 13.2. The van der Waals surface area contributed by atoms with Crippen LogP contribution < -0.4 is 14.2 Å². The van der Waals surface area contributed by atoms with Gasteiger partial charge in [-0.05, 0) is 48.0 Å². The van der Waals surface area contributed by atoms with Crippen molar-refractivity contribution >= 4 is 29.4 Å². The van der Waals surface area contributed by atoms with Gasteiger partial charge < -0.3 is 19.3 Å². The Morgan fingerprint density at radius 1 is 1.15 bits per heavy atom. The highest BCUT2D eigenvalue weighted by atomic mass is 35.5. The van der Waals surface area contributed by atoms with Crippen LogP contribution in [0.5, 0.6) is 17.2 Å². The van der Waals surface area contributed by atoms with Crippen molar-refractivity contribution in [1.29, 1.82) is 0 Å². The van der Waals surface area contributed by atoms with E-state index in [9.17, 15) is 9.59 Å².